The van der Waals surface area contributed by atoms with Gasteiger partial charge in [0.25, 0.3) is 5.91 Å². The largest absolute Gasteiger partial charge is 0.378 e. The van der Waals surface area contributed by atoms with E-state index in [1.807, 2.05) is 41.2 Å². The predicted octanol–water partition coefficient (Wildman–Crippen LogP) is 2.47. The second-order valence-electron chi connectivity index (χ2n) is 6.25. The Morgan fingerprint density at radius 2 is 1.85 bits per heavy atom. The Morgan fingerprint density at radius 1 is 1.04 bits per heavy atom. The minimum atomic E-state index is 0.00660. The first-order valence-electron chi connectivity index (χ1n) is 8.69. The molecule has 0 atom stereocenters. The zero-order chi connectivity index (χ0) is 17.8. The smallest absolute Gasteiger partial charge is 0.255 e. The van der Waals surface area contributed by atoms with Crippen LogP contribution in [0.15, 0.2) is 61.1 Å². The number of carbonyl (C=O) groups is 1. The highest BCUT2D eigenvalue weighted by atomic mass is 16.5. The second kappa shape index (κ2) is 7.49. The van der Waals surface area contributed by atoms with Crippen LogP contribution in [0, 0.1) is 0 Å². The lowest BCUT2D eigenvalue weighted by Crippen LogP contribution is -2.40. The molecule has 0 unspecified atom stereocenters. The standard InChI is InChI=1S/C20H20N4O2/c25-20(23-8-10-26-11-9-23)17-6-7-19(21-12-17)18-13-22-24(15-18)14-16-4-2-1-3-5-16/h1-7,12-13,15H,8-11,14H2. The minimum absolute atomic E-state index is 0.00660. The molecule has 1 saturated heterocycles. The number of aromatic nitrogens is 3. The van der Waals surface area contributed by atoms with Gasteiger partial charge in [-0.1, -0.05) is 30.3 Å². The third kappa shape index (κ3) is 3.65. The molecule has 0 spiro atoms. The maximum atomic E-state index is 12.5. The fourth-order valence-electron chi connectivity index (χ4n) is 2.99. The third-order valence-corrected chi connectivity index (χ3v) is 4.43. The fourth-order valence-corrected chi connectivity index (χ4v) is 2.99. The lowest BCUT2D eigenvalue weighted by Gasteiger charge is -2.26. The van der Waals surface area contributed by atoms with E-state index < -0.39 is 0 Å². The lowest BCUT2D eigenvalue weighted by molar-refractivity contribution is 0.0302. The summed E-state index contributed by atoms with van der Waals surface area (Å²) in [6.07, 6.45) is 5.41. The van der Waals surface area contributed by atoms with Gasteiger partial charge in [0.15, 0.2) is 0 Å². The first-order valence-corrected chi connectivity index (χ1v) is 8.69. The van der Waals surface area contributed by atoms with E-state index in [0.717, 1.165) is 11.3 Å². The highest BCUT2D eigenvalue weighted by Gasteiger charge is 2.18. The summed E-state index contributed by atoms with van der Waals surface area (Å²) in [5.74, 6) is 0.00660. The lowest BCUT2D eigenvalue weighted by atomic mass is 10.2. The van der Waals surface area contributed by atoms with Gasteiger partial charge < -0.3 is 9.64 Å². The van der Waals surface area contributed by atoms with Crippen LogP contribution in [0.2, 0.25) is 0 Å². The Hall–Kier alpha value is -2.99. The average Bonchev–Trinajstić information content (AvgIpc) is 3.17. The summed E-state index contributed by atoms with van der Waals surface area (Å²) in [4.78, 5) is 18.7. The van der Waals surface area contributed by atoms with E-state index in [1.54, 1.807) is 17.3 Å². The number of rotatable bonds is 4. The van der Waals surface area contributed by atoms with Crippen LogP contribution in [0.3, 0.4) is 0 Å². The topological polar surface area (TPSA) is 60.2 Å². The van der Waals surface area contributed by atoms with Crippen LogP contribution in [-0.2, 0) is 11.3 Å². The van der Waals surface area contributed by atoms with E-state index in [-0.39, 0.29) is 5.91 Å². The van der Waals surface area contributed by atoms with Gasteiger partial charge in [-0.15, -0.1) is 0 Å². The van der Waals surface area contributed by atoms with Crippen LogP contribution in [-0.4, -0.2) is 51.9 Å². The van der Waals surface area contributed by atoms with Crippen molar-refractivity contribution in [3.05, 3.63) is 72.2 Å². The van der Waals surface area contributed by atoms with Gasteiger partial charge in [-0.2, -0.15) is 5.10 Å². The van der Waals surface area contributed by atoms with Gasteiger partial charge in [-0.3, -0.25) is 14.5 Å². The van der Waals surface area contributed by atoms with Gasteiger partial charge in [0, 0.05) is 31.0 Å². The monoisotopic (exact) mass is 348 g/mol. The van der Waals surface area contributed by atoms with Gasteiger partial charge in [0.1, 0.15) is 0 Å². The predicted molar refractivity (Wildman–Crippen MR) is 97.7 cm³/mol. The summed E-state index contributed by atoms with van der Waals surface area (Å²) in [7, 11) is 0. The SMILES string of the molecule is O=C(c1ccc(-c2cnn(Cc3ccccc3)c2)nc1)N1CCOCC1. The molecule has 1 aliphatic heterocycles. The normalized spacial score (nSPS) is 14.4. The van der Waals surface area contributed by atoms with Crippen molar-refractivity contribution in [2.45, 2.75) is 6.54 Å². The summed E-state index contributed by atoms with van der Waals surface area (Å²) in [5, 5.41) is 4.41. The molecule has 0 radical (unpaired) electrons. The Kier molecular flexibility index (Phi) is 4.75. The molecular weight excluding hydrogens is 328 g/mol. The molecule has 132 valence electrons. The van der Waals surface area contributed by atoms with Crippen molar-refractivity contribution in [3.63, 3.8) is 0 Å². The summed E-state index contributed by atoms with van der Waals surface area (Å²) >= 11 is 0. The van der Waals surface area contributed by atoms with Crippen molar-refractivity contribution < 1.29 is 9.53 Å². The van der Waals surface area contributed by atoms with E-state index in [2.05, 4.69) is 22.2 Å². The number of carbonyl (C=O) groups excluding carboxylic acids is 1. The van der Waals surface area contributed by atoms with Crippen LogP contribution in [0.5, 0.6) is 0 Å². The van der Waals surface area contributed by atoms with Gasteiger partial charge in [0.05, 0.1) is 37.2 Å². The molecule has 1 fully saturated rings. The summed E-state index contributed by atoms with van der Waals surface area (Å²) in [6.45, 7) is 3.17. The van der Waals surface area contributed by atoms with Gasteiger partial charge >= 0.3 is 0 Å². The van der Waals surface area contributed by atoms with Crippen LogP contribution in [0.4, 0.5) is 0 Å². The number of nitrogens with zero attached hydrogens (tertiary/aromatic N) is 4. The van der Waals surface area contributed by atoms with Crippen molar-refractivity contribution in [2.75, 3.05) is 26.3 Å². The molecule has 1 aliphatic rings. The number of amides is 1. The van der Waals surface area contributed by atoms with Crippen LogP contribution < -0.4 is 0 Å². The molecule has 3 aromatic rings. The molecule has 0 bridgehead atoms. The minimum Gasteiger partial charge on any atom is -0.378 e. The van der Waals surface area contributed by atoms with E-state index in [9.17, 15) is 4.79 Å². The first kappa shape index (κ1) is 16.5. The zero-order valence-corrected chi connectivity index (χ0v) is 14.4. The maximum absolute atomic E-state index is 12.5. The number of pyridine rings is 1. The van der Waals surface area contributed by atoms with Crippen LogP contribution in [0.25, 0.3) is 11.3 Å². The fraction of sp³-hybridized carbons (Fsp3) is 0.250. The Balaban J connectivity index is 1.46. The van der Waals surface area contributed by atoms with Crippen molar-refractivity contribution in [1.82, 2.24) is 19.7 Å². The molecule has 1 amide bonds. The van der Waals surface area contributed by atoms with Crippen molar-refractivity contribution in [1.29, 1.82) is 0 Å². The Morgan fingerprint density at radius 3 is 2.58 bits per heavy atom. The van der Waals surface area contributed by atoms with Crippen molar-refractivity contribution in [3.8, 4) is 11.3 Å². The van der Waals surface area contributed by atoms with Crippen molar-refractivity contribution >= 4 is 5.91 Å². The Labute approximate surface area is 152 Å². The molecule has 6 heteroatoms. The molecule has 1 aromatic carbocycles. The molecule has 0 aliphatic carbocycles. The molecule has 0 N–H and O–H groups in total. The number of ether oxygens (including phenoxy) is 1. The number of hydrogen-bond acceptors (Lipinski definition) is 4. The van der Waals surface area contributed by atoms with Crippen LogP contribution in [0.1, 0.15) is 15.9 Å². The third-order valence-electron chi connectivity index (χ3n) is 4.43. The number of hydrogen-bond donors (Lipinski definition) is 0. The van der Waals surface area contributed by atoms with Gasteiger partial charge in [-0.05, 0) is 17.7 Å². The maximum Gasteiger partial charge on any atom is 0.255 e. The summed E-state index contributed by atoms with van der Waals surface area (Å²) in [5.41, 5.74) is 3.54. The second-order valence-corrected chi connectivity index (χ2v) is 6.25. The quantitative estimate of drug-likeness (QED) is 0.727. The molecular formula is C20H20N4O2. The van der Waals surface area contributed by atoms with Crippen molar-refractivity contribution in [2.24, 2.45) is 0 Å². The zero-order valence-electron chi connectivity index (χ0n) is 14.4. The molecule has 3 heterocycles. The van der Waals surface area contributed by atoms with Gasteiger partial charge in [0.2, 0.25) is 0 Å². The van der Waals surface area contributed by atoms with Crippen LogP contribution >= 0.6 is 0 Å². The molecule has 26 heavy (non-hydrogen) atoms. The average molecular weight is 348 g/mol. The summed E-state index contributed by atoms with van der Waals surface area (Å²) in [6, 6.07) is 13.9. The van der Waals surface area contributed by atoms with E-state index in [0.29, 0.717) is 38.4 Å². The number of morpholine rings is 1. The highest BCUT2D eigenvalue weighted by Crippen LogP contribution is 2.17. The molecule has 2 aromatic heterocycles. The van der Waals surface area contributed by atoms with Gasteiger partial charge in [-0.25, -0.2) is 0 Å². The summed E-state index contributed by atoms with van der Waals surface area (Å²) < 4.78 is 7.18. The molecule has 4 rings (SSSR count). The van der Waals surface area contributed by atoms with E-state index >= 15 is 0 Å². The molecule has 0 saturated carbocycles. The van der Waals surface area contributed by atoms with E-state index in [1.165, 1.54) is 5.56 Å². The Bertz CT molecular complexity index is 868. The highest BCUT2D eigenvalue weighted by molar-refractivity contribution is 5.94. The molecule has 6 nitrogen and oxygen atoms in total. The van der Waals surface area contributed by atoms with E-state index in [4.69, 9.17) is 4.74 Å². The first-order chi connectivity index (χ1) is 12.8. The number of benzene rings is 1.